The Morgan fingerprint density at radius 1 is 1.58 bits per heavy atom. The molecule has 19 heavy (non-hydrogen) atoms. The van der Waals surface area contributed by atoms with E-state index in [4.69, 9.17) is 9.94 Å². The number of carboxylic acids is 1. The zero-order chi connectivity index (χ0) is 13.8. The van der Waals surface area contributed by atoms with Crippen molar-refractivity contribution in [1.82, 2.24) is 15.3 Å². The van der Waals surface area contributed by atoms with Gasteiger partial charge in [-0.3, -0.25) is 4.79 Å². The number of nitrogens with zero attached hydrogens (tertiary/aromatic N) is 3. The van der Waals surface area contributed by atoms with E-state index in [1.54, 1.807) is 19.2 Å². The van der Waals surface area contributed by atoms with Gasteiger partial charge in [-0.05, 0) is 13.0 Å². The van der Waals surface area contributed by atoms with Crippen LogP contribution in [0.4, 0.5) is 0 Å². The van der Waals surface area contributed by atoms with Gasteiger partial charge >= 0.3 is 5.97 Å². The number of nitrogens with one attached hydrogen (secondary N) is 1. The highest BCUT2D eigenvalue weighted by Crippen LogP contribution is 2.10. The monoisotopic (exact) mass is 264 g/mol. The Bertz CT molecular complexity index is 543. The normalized spacial score (nSPS) is 17.5. The largest absolute Gasteiger partial charge is 0.477 e. The number of carboxylic acid groups (broad SMARTS) is 1. The Morgan fingerprint density at radius 3 is 3.00 bits per heavy atom. The molecule has 1 aliphatic rings. The molecule has 0 saturated heterocycles. The van der Waals surface area contributed by atoms with Crippen LogP contribution in [0.5, 0.6) is 0 Å². The minimum atomic E-state index is -1.18. The number of carbonyl (C=O) groups is 2. The third-order valence-corrected chi connectivity index (χ3v) is 2.49. The minimum Gasteiger partial charge on any atom is -0.477 e. The Kier molecular flexibility index (Phi) is 3.69. The molecule has 1 aliphatic heterocycles. The summed E-state index contributed by atoms with van der Waals surface area (Å²) in [6.07, 6.45) is 0.667. The smallest absolute Gasteiger partial charge is 0.353 e. The molecule has 2 heterocycles. The maximum Gasteiger partial charge on any atom is 0.353 e. The van der Waals surface area contributed by atoms with E-state index in [9.17, 15) is 9.59 Å². The number of aliphatic carboxylic acids is 1. The van der Waals surface area contributed by atoms with Gasteiger partial charge in [0.25, 0.3) is 5.91 Å². The van der Waals surface area contributed by atoms with Crippen molar-refractivity contribution in [3.05, 3.63) is 23.8 Å². The number of aryl methyl sites for hydroxylation is 1. The first-order chi connectivity index (χ1) is 9.06. The van der Waals surface area contributed by atoms with Gasteiger partial charge in [0.2, 0.25) is 6.10 Å². The van der Waals surface area contributed by atoms with E-state index in [1.807, 2.05) is 0 Å². The zero-order valence-corrected chi connectivity index (χ0v) is 10.2. The van der Waals surface area contributed by atoms with Gasteiger partial charge < -0.3 is 15.3 Å². The molecule has 0 aliphatic carbocycles. The summed E-state index contributed by atoms with van der Waals surface area (Å²) in [5.41, 5.74) is 0.510. The molecule has 100 valence electrons. The number of amides is 1. The summed E-state index contributed by atoms with van der Waals surface area (Å²) in [4.78, 5) is 35.2. The molecule has 8 nitrogen and oxygen atoms in total. The molecule has 1 amide bonds. The van der Waals surface area contributed by atoms with Crippen LogP contribution >= 0.6 is 0 Å². The third-order valence-electron chi connectivity index (χ3n) is 2.49. The molecule has 2 N–H and O–H groups in total. The van der Waals surface area contributed by atoms with Gasteiger partial charge in [-0.2, -0.15) is 0 Å². The van der Waals surface area contributed by atoms with Crippen LogP contribution in [0, 0.1) is 6.92 Å². The number of carbonyl (C=O) groups excluding carboxylic acids is 1. The zero-order valence-electron chi connectivity index (χ0n) is 10.2. The summed E-state index contributed by atoms with van der Waals surface area (Å²) in [5, 5.41) is 14.6. The Hall–Kier alpha value is -2.51. The fraction of sp³-hybridized carbons (Fsp3) is 0.364. The quantitative estimate of drug-likeness (QED) is 0.767. The van der Waals surface area contributed by atoms with E-state index in [0.717, 1.165) is 0 Å². The molecule has 1 aromatic heterocycles. The molecule has 0 fully saturated rings. The van der Waals surface area contributed by atoms with Crippen molar-refractivity contribution in [1.29, 1.82) is 0 Å². The van der Waals surface area contributed by atoms with Crippen molar-refractivity contribution in [2.24, 2.45) is 5.16 Å². The number of hydrogen-bond acceptors (Lipinski definition) is 6. The fourth-order valence-corrected chi connectivity index (χ4v) is 1.54. The second-order valence-electron chi connectivity index (χ2n) is 3.95. The predicted molar refractivity (Wildman–Crippen MR) is 63.2 cm³/mol. The maximum atomic E-state index is 11.7. The van der Waals surface area contributed by atoms with Gasteiger partial charge in [-0.15, -0.1) is 0 Å². The van der Waals surface area contributed by atoms with Crippen molar-refractivity contribution < 1.29 is 19.5 Å². The van der Waals surface area contributed by atoms with Gasteiger partial charge in [-0.1, -0.05) is 5.16 Å². The second kappa shape index (κ2) is 5.42. The SMILES string of the molecule is Cc1nccc(CNC(=O)C2CC(C(=O)O)=NO2)n1. The van der Waals surface area contributed by atoms with Crippen molar-refractivity contribution in [2.75, 3.05) is 0 Å². The first kappa shape index (κ1) is 12.9. The van der Waals surface area contributed by atoms with Gasteiger partial charge in [-0.25, -0.2) is 14.8 Å². The molecular weight excluding hydrogens is 252 g/mol. The number of hydrogen-bond donors (Lipinski definition) is 2. The highest BCUT2D eigenvalue weighted by molar-refractivity contribution is 6.36. The lowest BCUT2D eigenvalue weighted by molar-refractivity contribution is -0.131. The van der Waals surface area contributed by atoms with Gasteiger partial charge in [0, 0.05) is 12.6 Å². The lowest BCUT2D eigenvalue weighted by Crippen LogP contribution is -2.35. The second-order valence-corrected chi connectivity index (χ2v) is 3.95. The van der Waals surface area contributed by atoms with Crippen molar-refractivity contribution in [3.8, 4) is 0 Å². The highest BCUT2D eigenvalue weighted by Gasteiger charge is 2.31. The van der Waals surface area contributed by atoms with Crippen molar-refractivity contribution in [2.45, 2.75) is 26.0 Å². The molecule has 1 unspecified atom stereocenters. The molecule has 0 spiro atoms. The Morgan fingerprint density at radius 2 is 2.37 bits per heavy atom. The maximum absolute atomic E-state index is 11.7. The van der Waals surface area contributed by atoms with Crippen LogP contribution in [-0.4, -0.2) is 38.8 Å². The standard InChI is InChI=1S/C11H12N4O4/c1-6-12-3-2-7(14-6)5-13-10(16)9-4-8(11(17)18)15-19-9/h2-3,9H,4-5H2,1H3,(H,13,16)(H,17,18). The van der Waals surface area contributed by atoms with Crippen LogP contribution < -0.4 is 5.32 Å². The fourth-order valence-electron chi connectivity index (χ4n) is 1.54. The van der Waals surface area contributed by atoms with Crippen LogP contribution in [0.25, 0.3) is 0 Å². The van der Waals surface area contributed by atoms with Crippen LogP contribution in [0.1, 0.15) is 17.9 Å². The van der Waals surface area contributed by atoms with Crippen LogP contribution in [-0.2, 0) is 21.0 Å². The summed E-state index contributed by atoms with van der Waals surface area (Å²) < 4.78 is 0. The van der Waals surface area contributed by atoms with Crippen LogP contribution in [0.3, 0.4) is 0 Å². The number of oxime groups is 1. The molecule has 1 atom stereocenters. The van der Waals surface area contributed by atoms with Crippen LogP contribution in [0.15, 0.2) is 17.4 Å². The lowest BCUT2D eigenvalue weighted by atomic mass is 10.1. The highest BCUT2D eigenvalue weighted by atomic mass is 16.6. The Labute approximate surface area is 108 Å². The molecule has 0 saturated carbocycles. The lowest BCUT2D eigenvalue weighted by Gasteiger charge is -2.08. The summed E-state index contributed by atoms with van der Waals surface area (Å²) in [6, 6.07) is 1.68. The summed E-state index contributed by atoms with van der Waals surface area (Å²) in [5.74, 6) is -0.988. The molecule has 1 aromatic rings. The van der Waals surface area contributed by atoms with E-state index < -0.39 is 18.0 Å². The van der Waals surface area contributed by atoms with E-state index in [-0.39, 0.29) is 18.7 Å². The van der Waals surface area contributed by atoms with Gasteiger partial charge in [0.15, 0.2) is 5.71 Å². The van der Waals surface area contributed by atoms with Crippen molar-refractivity contribution >= 4 is 17.6 Å². The third kappa shape index (κ3) is 3.24. The van der Waals surface area contributed by atoms with Gasteiger partial charge in [0.05, 0.1) is 12.2 Å². The summed E-state index contributed by atoms with van der Waals surface area (Å²) >= 11 is 0. The molecule has 8 heteroatoms. The Balaban J connectivity index is 1.85. The number of rotatable bonds is 4. The van der Waals surface area contributed by atoms with Crippen LogP contribution in [0.2, 0.25) is 0 Å². The predicted octanol–water partition coefficient (Wildman–Crippen LogP) is -0.369. The number of aromatic nitrogens is 2. The van der Waals surface area contributed by atoms with E-state index >= 15 is 0 Å². The first-order valence-corrected chi connectivity index (χ1v) is 5.58. The molecule has 0 bridgehead atoms. The van der Waals surface area contributed by atoms with E-state index in [1.165, 1.54) is 0 Å². The molecule has 2 rings (SSSR count). The average molecular weight is 264 g/mol. The molecule has 0 radical (unpaired) electrons. The minimum absolute atomic E-state index is 0.0377. The van der Waals surface area contributed by atoms with E-state index in [2.05, 4.69) is 20.4 Å². The summed E-state index contributed by atoms with van der Waals surface area (Å²) in [6.45, 7) is 1.98. The van der Waals surface area contributed by atoms with E-state index in [0.29, 0.717) is 11.5 Å². The topological polar surface area (TPSA) is 114 Å². The van der Waals surface area contributed by atoms with Crippen molar-refractivity contribution in [3.63, 3.8) is 0 Å². The average Bonchev–Trinajstić information content (AvgIpc) is 2.86. The van der Waals surface area contributed by atoms with Gasteiger partial charge in [0.1, 0.15) is 5.82 Å². The summed E-state index contributed by atoms with van der Waals surface area (Å²) in [7, 11) is 0. The molecular formula is C11H12N4O4. The first-order valence-electron chi connectivity index (χ1n) is 5.58. The molecule has 0 aromatic carbocycles.